The minimum absolute atomic E-state index is 1.11. The molecule has 6 nitrogen and oxygen atoms in total. The Labute approximate surface area is 710 Å². The first-order valence-corrected chi connectivity index (χ1v) is 41.7. The number of para-hydroxylation sites is 10. The number of hydrogen-bond donors (Lipinski definition) is 0. The molecular formula is C116H82N6. The van der Waals surface area contributed by atoms with Gasteiger partial charge in [-0.2, -0.15) is 0 Å². The summed E-state index contributed by atoms with van der Waals surface area (Å²) in [6.07, 6.45) is 0. The van der Waals surface area contributed by atoms with E-state index in [9.17, 15) is 0 Å². The Hall–Kier alpha value is -16.3. The Morgan fingerprint density at radius 2 is 0.418 bits per heavy atom. The smallest absolute Gasteiger partial charge is 0.0619 e. The summed E-state index contributed by atoms with van der Waals surface area (Å²) in [6.45, 7) is 0. The SMILES string of the molecule is c1ccc(N(c2ccccc2)c2ccc(-c3ccc4c(c3)c3cccc(-c5ccc(N(c6ccccc6)c6ccccc6)cc5)c3n4-c3ccc4ccccc4c3)cc2)cc1.c1ccc(N(c2ccccc2)c2ccc(-c3ccc4c(c3)c3cccc(-c5ccc(N(c6ccccc6)c6ccccc6)cc5)c3n4-c3cccc4ccccc34)cc2)cc1. The quantitative estimate of drug-likeness (QED) is 0.0854. The van der Waals surface area contributed by atoms with E-state index in [4.69, 9.17) is 0 Å². The molecular weight excluding hydrogens is 1480 g/mol. The maximum Gasteiger partial charge on any atom is 0.0619 e. The molecule has 0 aliphatic rings. The van der Waals surface area contributed by atoms with Crippen molar-refractivity contribution in [2.75, 3.05) is 19.6 Å². The van der Waals surface area contributed by atoms with Crippen molar-refractivity contribution >= 4 is 133 Å². The Balaban J connectivity index is 0.000000150. The molecule has 6 heteroatoms. The molecule has 122 heavy (non-hydrogen) atoms. The second-order valence-corrected chi connectivity index (χ2v) is 30.8. The lowest BCUT2D eigenvalue weighted by molar-refractivity contribution is 1.19. The number of hydrogen-bond acceptors (Lipinski definition) is 4. The first-order valence-electron chi connectivity index (χ1n) is 41.7. The summed E-state index contributed by atoms with van der Waals surface area (Å²) in [5.74, 6) is 0. The van der Waals surface area contributed by atoms with Gasteiger partial charge >= 0.3 is 0 Å². The molecule has 0 fully saturated rings. The number of rotatable bonds is 18. The van der Waals surface area contributed by atoms with Gasteiger partial charge in [-0.05, 0) is 238 Å². The number of fused-ring (bicyclic) bond motifs is 8. The van der Waals surface area contributed by atoms with Crippen molar-refractivity contribution in [1.29, 1.82) is 0 Å². The fraction of sp³-hybridized carbons (Fsp3) is 0. The molecule has 20 aromatic carbocycles. The van der Waals surface area contributed by atoms with Crippen LogP contribution in [0.5, 0.6) is 0 Å². The van der Waals surface area contributed by atoms with Crippen LogP contribution in [-0.2, 0) is 0 Å². The van der Waals surface area contributed by atoms with Crippen LogP contribution in [0.1, 0.15) is 0 Å². The largest absolute Gasteiger partial charge is 0.311 e. The van der Waals surface area contributed by atoms with E-state index in [1.807, 2.05) is 0 Å². The van der Waals surface area contributed by atoms with Crippen LogP contribution in [0.3, 0.4) is 0 Å². The molecule has 0 amide bonds. The van der Waals surface area contributed by atoms with Crippen LogP contribution >= 0.6 is 0 Å². The van der Waals surface area contributed by atoms with Crippen LogP contribution in [0.25, 0.3) is 121 Å². The lowest BCUT2D eigenvalue weighted by Crippen LogP contribution is -2.09. The molecule has 22 rings (SSSR count). The molecule has 0 aliphatic heterocycles. The molecule has 0 radical (unpaired) electrons. The van der Waals surface area contributed by atoms with Gasteiger partial charge in [-0.15, -0.1) is 0 Å². The van der Waals surface area contributed by atoms with Gasteiger partial charge in [-0.25, -0.2) is 0 Å². The normalized spacial score (nSPS) is 11.3. The summed E-state index contributed by atoms with van der Waals surface area (Å²) >= 11 is 0. The van der Waals surface area contributed by atoms with Crippen molar-refractivity contribution < 1.29 is 0 Å². The average molecular weight is 1560 g/mol. The average Bonchev–Trinajstić information content (AvgIpc) is 1.57. The summed E-state index contributed by atoms with van der Waals surface area (Å²) in [7, 11) is 0. The second-order valence-electron chi connectivity index (χ2n) is 30.8. The van der Waals surface area contributed by atoms with Crippen molar-refractivity contribution in [2.45, 2.75) is 0 Å². The van der Waals surface area contributed by atoms with Crippen molar-refractivity contribution in [1.82, 2.24) is 9.13 Å². The molecule has 576 valence electrons. The van der Waals surface area contributed by atoms with Crippen molar-refractivity contribution in [3.63, 3.8) is 0 Å². The van der Waals surface area contributed by atoms with Crippen LogP contribution in [0.2, 0.25) is 0 Å². The zero-order valence-corrected chi connectivity index (χ0v) is 67.0. The zero-order valence-electron chi connectivity index (χ0n) is 67.0. The van der Waals surface area contributed by atoms with Gasteiger partial charge in [0.2, 0.25) is 0 Å². The van der Waals surface area contributed by atoms with Crippen molar-refractivity contribution in [2.24, 2.45) is 0 Å². The number of aromatic nitrogens is 2. The molecule has 2 aromatic heterocycles. The molecule has 2 heterocycles. The molecule has 0 atom stereocenters. The van der Waals surface area contributed by atoms with E-state index < -0.39 is 0 Å². The van der Waals surface area contributed by atoms with E-state index in [0.717, 1.165) is 85.1 Å². The second kappa shape index (κ2) is 32.7. The third-order valence-electron chi connectivity index (χ3n) is 23.5. The molecule has 0 bridgehead atoms. The van der Waals surface area contributed by atoms with Crippen LogP contribution in [0, 0.1) is 0 Å². The van der Waals surface area contributed by atoms with Gasteiger partial charge in [0.05, 0.1) is 27.8 Å². The maximum atomic E-state index is 2.49. The third kappa shape index (κ3) is 14.1. The number of anilines is 12. The third-order valence-corrected chi connectivity index (χ3v) is 23.5. The summed E-state index contributed by atoms with van der Waals surface area (Å²) in [5.41, 5.74) is 29.9. The number of nitrogens with zero attached hydrogens (tertiary/aromatic N) is 6. The summed E-state index contributed by atoms with van der Waals surface area (Å²) in [5, 5.41) is 9.76. The van der Waals surface area contributed by atoms with Gasteiger partial charge in [0.1, 0.15) is 0 Å². The standard InChI is InChI=1S/2C58H41N3/c1-5-19-46(20-6-1)59(47-21-7-2-8-22-47)50-36-31-42(32-37-50)45-35-40-57-55(41-45)54-29-16-28-53(58(54)61(57)56-30-15-18-43-17-13-14-27-52(43)56)44-33-38-51(39-34-44)60(48-23-9-3-10-24-48)49-25-11-4-12-26-49;1-5-18-47(19-6-1)59(48-20-7-2-8-21-48)51-34-28-43(29-35-51)46-33-39-57-56(41-46)55-27-15-26-54(58(55)61(57)53-38-30-42-16-13-14-17-45(42)40-53)44-31-36-52(37-32-44)60(49-22-9-3-10-23-49)50-24-11-4-12-25-50/h2*1-41H. The van der Waals surface area contributed by atoms with Gasteiger partial charge < -0.3 is 28.7 Å². The van der Waals surface area contributed by atoms with Crippen molar-refractivity contribution in [3.8, 4) is 55.9 Å². The maximum absolute atomic E-state index is 2.49. The fourth-order valence-corrected chi connectivity index (χ4v) is 17.8. The summed E-state index contributed by atoms with van der Waals surface area (Å²) in [6, 6.07) is 179. The Kier molecular flexibility index (Phi) is 19.6. The first kappa shape index (κ1) is 73.4. The Morgan fingerprint density at radius 1 is 0.148 bits per heavy atom. The molecule has 0 spiro atoms. The van der Waals surface area contributed by atoms with E-state index >= 15 is 0 Å². The predicted molar refractivity (Wildman–Crippen MR) is 517 cm³/mol. The highest BCUT2D eigenvalue weighted by Crippen LogP contribution is 2.47. The molecule has 0 aliphatic carbocycles. The van der Waals surface area contributed by atoms with Gasteiger partial charge in [0, 0.05) is 112 Å². The Morgan fingerprint density at radius 3 is 0.787 bits per heavy atom. The topological polar surface area (TPSA) is 22.8 Å². The van der Waals surface area contributed by atoms with Crippen LogP contribution in [0.4, 0.5) is 68.2 Å². The minimum Gasteiger partial charge on any atom is -0.311 e. The van der Waals surface area contributed by atoms with Crippen LogP contribution in [0.15, 0.2) is 497 Å². The number of benzene rings is 20. The van der Waals surface area contributed by atoms with Gasteiger partial charge in [0.15, 0.2) is 0 Å². The summed E-state index contributed by atoms with van der Waals surface area (Å²) in [4.78, 5) is 9.23. The molecule has 0 saturated heterocycles. The lowest BCUT2D eigenvalue weighted by Gasteiger charge is -2.25. The fourth-order valence-electron chi connectivity index (χ4n) is 17.8. The molecule has 0 saturated carbocycles. The monoisotopic (exact) mass is 1560 g/mol. The van der Waals surface area contributed by atoms with E-state index in [-0.39, 0.29) is 0 Å². The van der Waals surface area contributed by atoms with Crippen LogP contribution < -0.4 is 19.6 Å². The molecule has 0 unspecified atom stereocenters. The molecule has 0 N–H and O–H groups in total. The van der Waals surface area contributed by atoms with Gasteiger partial charge in [0.25, 0.3) is 0 Å². The highest BCUT2D eigenvalue weighted by atomic mass is 15.2. The van der Waals surface area contributed by atoms with E-state index in [0.29, 0.717) is 0 Å². The first-order chi connectivity index (χ1) is 60.5. The Bertz CT molecular complexity index is 7260. The highest BCUT2D eigenvalue weighted by molar-refractivity contribution is 6.17. The van der Waals surface area contributed by atoms with E-state index in [2.05, 4.69) is 526 Å². The van der Waals surface area contributed by atoms with E-state index in [1.165, 1.54) is 104 Å². The van der Waals surface area contributed by atoms with Gasteiger partial charge in [-0.1, -0.05) is 309 Å². The predicted octanol–water partition coefficient (Wildman–Crippen LogP) is 32.4. The summed E-state index contributed by atoms with van der Waals surface area (Å²) < 4.78 is 4.95. The van der Waals surface area contributed by atoms with Crippen LogP contribution in [-0.4, -0.2) is 9.13 Å². The van der Waals surface area contributed by atoms with E-state index in [1.54, 1.807) is 0 Å². The highest BCUT2D eigenvalue weighted by Gasteiger charge is 2.24. The molecule has 22 aromatic rings. The lowest BCUT2D eigenvalue weighted by atomic mass is 9.99. The minimum atomic E-state index is 1.11. The zero-order chi connectivity index (χ0) is 81.1. The van der Waals surface area contributed by atoms with Gasteiger partial charge in [-0.3, -0.25) is 0 Å². The van der Waals surface area contributed by atoms with Crippen molar-refractivity contribution in [3.05, 3.63) is 497 Å².